The molecule has 0 aromatic carbocycles. The zero-order valence-electron chi connectivity index (χ0n) is 20.7. The maximum Gasteiger partial charge on any atom is 0.306 e. The summed E-state index contributed by atoms with van der Waals surface area (Å²) in [4.78, 5) is 23.5. The number of unbranched alkanes of at least 4 members (excludes halogenated alkanes) is 6. The standard InChI is InChI=1S/C26H50O4/c1-22(2)15-13-19-29-25(27)18-12-10-8-6-7-9-11-17-24(5)21-26(28)30-20-14-16-23(3)4/h22-24H,6-21H2,1-5H3. The fraction of sp³-hybridized carbons (Fsp3) is 0.923. The fourth-order valence-corrected chi connectivity index (χ4v) is 3.52. The molecule has 0 fully saturated rings. The van der Waals surface area contributed by atoms with Gasteiger partial charge in [-0.2, -0.15) is 0 Å². The molecule has 0 rings (SSSR count). The summed E-state index contributed by atoms with van der Waals surface area (Å²) < 4.78 is 10.6. The molecule has 0 N–H and O–H groups in total. The predicted octanol–water partition coefficient (Wildman–Crippen LogP) is 7.48. The third kappa shape index (κ3) is 21.6. The van der Waals surface area contributed by atoms with Gasteiger partial charge in [0.15, 0.2) is 0 Å². The molecule has 0 aromatic rings. The van der Waals surface area contributed by atoms with Crippen LogP contribution in [0, 0.1) is 17.8 Å². The molecule has 0 spiro atoms. The first-order valence-electron chi connectivity index (χ1n) is 12.6. The van der Waals surface area contributed by atoms with Crippen molar-refractivity contribution in [3.63, 3.8) is 0 Å². The molecular formula is C26H50O4. The van der Waals surface area contributed by atoms with Crippen LogP contribution in [0.25, 0.3) is 0 Å². The predicted molar refractivity (Wildman–Crippen MR) is 125 cm³/mol. The largest absolute Gasteiger partial charge is 0.466 e. The highest BCUT2D eigenvalue weighted by molar-refractivity contribution is 5.69. The highest BCUT2D eigenvalue weighted by Crippen LogP contribution is 2.16. The maximum absolute atomic E-state index is 11.8. The number of esters is 2. The molecule has 178 valence electrons. The molecule has 0 aliphatic heterocycles. The molecule has 4 nitrogen and oxygen atoms in total. The molecule has 0 saturated heterocycles. The van der Waals surface area contributed by atoms with Gasteiger partial charge in [0.05, 0.1) is 13.2 Å². The average molecular weight is 427 g/mol. The van der Waals surface area contributed by atoms with E-state index < -0.39 is 0 Å². The Balaban J connectivity index is 3.40. The van der Waals surface area contributed by atoms with E-state index in [0.717, 1.165) is 44.9 Å². The van der Waals surface area contributed by atoms with E-state index in [0.29, 0.717) is 43.8 Å². The molecule has 0 radical (unpaired) electrons. The first kappa shape index (κ1) is 28.9. The van der Waals surface area contributed by atoms with Gasteiger partial charge in [-0.3, -0.25) is 9.59 Å². The van der Waals surface area contributed by atoms with Crippen LogP contribution in [0.4, 0.5) is 0 Å². The molecule has 0 saturated carbocycles. The van der Waals surface area contributed by atoms with Gasteiger partial charge in [-0.15, -0.1) is 0 Å². The van der Waals surface area contributed by atoms with Crippen molar-refractivity contribution in [1.29, 1.82) is 0 Å². The number of hydrogen-bond donors (Lipinski definition) is 0. The van der Waals surface area contributed by atoms with Crippen molar-refractivity contribution in [2.24, 2.45) is 17.8 Å². The highest BCUT2D eigenvalue weighted by atomic mass is 16.5. The Labute approximate surface area is 186 Å². The van der Waals surface area contributed by atoms with Crippen LogP contribution in [0.5, 0.6) is 0 Å². The smallest absolute Gasteiger partial charge is 0.306 e. The van der Waals surface area contributed by atoms with Crippen LogP contribution in [0.2, 0.25) is 0 Å². The summed E-state index contributed by atoms with van der Waals surface area (Å²) in [6.45, 7) is 12.1. The van der Waals surface area contributed by atoms with Crippen LogP contribution >= 0.6 is 0 Å². The van der Waals surface area contributed by atoms with E-state index in [-0.39, 0.29) is 11.9 Å². The van der Waals surface area contributed by atoms with Gasteiger partial charge in [-0.05, 0) is 49.9 Å². The summed E-state index contributed by atoms with van der Waals surface area (Å²) in [5.41, 5.74) is 0. The van der Waals surface area contributed by atoms with Crippen molar-refractivity contribution < 1.29 is 19.1 Å². The monoisotopic (exact) mass is 426 g/mol. The van der Waals surface area contributed by atoms with Gasteiger partial charge in [0.2, 0.25) is 0 Å². The van der Waals surface area contributed by atoms with Crippen LogP contribution in [0.3, 0.4) is 0 Å². The number of ether oxygens (including phenoxy) is 2. The lowest BCUT2D eigenvalue weighted by atomic mass is 9.99. The van der Waals surface area contributed by atoms with Crippen molar-refractivity contribution in [1.82, 2.24) is 0 Å². The second-order valence-electron chi connectivity index (χ2n) is 9.84. The van der Waals surface area contributed by atoms with Gasteiger partial charge in [0.25, 0.3) is 0 Å². The lowest BCUT2D eigenvalue weighted by molar-refractivity contribution is -0.145. The van der Waals surface area contributed by atoms with Crippen molar-refractivity contribution in [2.45, 2.75) is 125 Å². The Hall–Kier alpha value is -1.06. The summed E-state index contributed by atoms with van der Waals surface area (Å²) in [6, 6.07) is 0. The Kier molecular flexibility index (Phi) is 19.2. The summed E-state index contributed by atoms with van der Waals surface area (Å²) in [7, 11) is 0. The SMILES string of the molecule is CC(C)CCCOC(=O)CCCCCCCCCC(C)CC(=O)OCCCC(C)C. The number of carbonyl (C=O) groups excluding carboxylic acids is 2. The third-order valence-corrected chi connectivity index (χ3v) is 5.47. The van der Waals surface area contributed by atoms with Crippen molar-refractivity contribution in [3.05, 3.63) is 0 Å². The molecule has 0 bridgehead atoms. The van der Waals surface area contributed by atoms with Gasteiger partial charge >= 0.3 is 11.9 Å². The summed E-state index contributed by atoms with van der Waals surface area (Å²) in [5.74, 6) is 1.68. The van der Waals surface area contributed by atoms with E-state index in [1.807, 2.05) is 0 Å². The van der Waals surface area contributed by atoms with Crippen molar-refractivity contribution >= 4 is 11.9 Å². The Morgan fingerprint density at radius 2 is 1.03 bits per heavy atom. The van der Waals surface area contributed by atoms with E-state index >= 15 is 0 Å². The molecule has 0 amide bonds. The Morgan fingerprint density at radius 1 is 0.567 bits per heavy atom. The van der Waals surface area contributed by atoms with E-state index in [4.69, 9.17) is 9.47 Å². The van der Waals surface area contributed by atoms with E-state index in [1.54, 1.807) is 0 Å². The first-order valence-corrected chi connectivity index (χ1v) is 12.6. The third-order valence-electron chi connectivity index (χ3n) is 5.47. The minimum Gasteiger partial charge on any atom is -0.466 e. The molecule has 1 unspecified atom stereocenters. The molecule has 0 heterocycles. The molecule has 30 heavy (non-hydrogen) atoms. The van der Waals surface area contributed by atoms with E-state index in [9.17, 15) is 9.59 Å². The first-order chi connectivity index (χ1) is 14.3. The maximum atomic E-state index is 11.8. The van der Waals surface area contributed by atoms with Crippen LogP contribution in [-0.2, 0) is 19.1 Å². The van der Waals surface area contributed by atoms with Crippen LogP contribution < -0.4 is 0 Å². The highest BCUT2D eigenvalue weighted by Gasteiger charge is 2.10. The summed E-state index contributed by atoms with van der Waals surface area (Å²) in [5, 5.41) is 0. The fourth-order valence-electron chi connectivity index (χ4n) is 3.52. The second-order valence-corrected chi connectivity index (χ2v) is 9.84. The molecular weight excluding hydrogens is 376 g/mol. The van der Waals surface area contributed by atoms with Crippen LogP contribution in [0.1, 0.15) is 125 Å². The minimum atomic E-state index is -0.0373. The van der Waals surface area contributed by atoms with Gasteiger partial charge in [0, 0.05) is 12.8 Å². The molecule has 0 aliphatic carbocycles. The van der Waals surface area contributed by atoms with Crippen LogP contribution in [0.15, 0.2) is 0 Å². The van der Waals surface area contributed by atoms with E-state index in [1.165, 1.54) is 32.1 Å². The normalized spacial score (nSPS) is 12.4. The summed E-state index contributed by atoms with van der Waals surface area (Å²) >= 11 is 0. The number of hydrogen-bond acceptors (Lipinski definition) is 4. The second kappa shape index (κ2) is 19.9. The number of rotatable bonds is 20. The van der Waals surface area contributed by atoms with Gasteiger partial charge < -0.3 is 9.47 Å². The molecule has 0 aromatic heterocycles. The molecule has 1 atom stereocenters. The van der Waals surface area contributed by atoms with Gasteiger partial charge in [-0.25, -0.2) is 0 Å². The summed E-state index contributed by atoms with van der Waals surface area (Å²) in [6.07, 6.45) is 14.5. The van der Waals surface area contributed by atoms with Crippen molar-refractivity contribution in [2.75, 3.05) is 13.2 Å². The topological polar surface area (TPSA) is 52.6 Å². The minimum absolute atomic E-state index is 0.0359. The van der Waals surface area contributed by atoms with E-state index in [2.05, 4.69) is 34.6 Å². The zero-order valence-corrected chi connectivity index (χ0v) is 20.7. The Bertz CT molecular complexity index is 417. The van der Waals surface area contributed by atoms with Gasteiger partial charge in [0.1, 0.15) is 0 Å². The molecule has 4 heteroatoms. The number of carbonyl (C=O) groups is 2. The Morgan fingerprint density at radius 3 is 1.57 bits per heavy atom. The quantitative estimate of drug-likeness (QED) is 0.149. The zero-order chi connectivity index (χ0) is 22.6. The molecule has 0 aliphatic rings. The van der Waals surface area contributed by atoms with Crippen molar-refractivity contribution in [3.8, 4) is 0 Å². The van der Waals surface area contributed by atoms with Crippen LogP contribution in [-0.4, -0.2) is 25.2 Å². The lowest BCUT2D eigenvalue weighted by Crippen LogP contribution is -2.11. The lowest BCUT2D eigenvalue weighted by Gasteiger charge is -2.11. The average Bonchev–Trinajstić information content (AvgIpc) is 2.67. The van der Waals surface area contributed by atoms with Gasteiger partial charge in [-0.1, -0.05) is 79.6 Å².